The van der Waals surface area contributed by atoms with Gasteiger partial charge in [-0.15, -0.1) is 11.3 Å². The summed E-state index contributed by atoms with van der Waals surface area (Å²) in [6.07, 6.45) is 0. The molecule has 1 saturated heterocycles. The van der Waals surface area contributed by atoms with Crippen LogP contribution >= 0.6 is 11.3 Å². The molecular formula is C13H21N3O2S. The average molecular weight is 283 g/mol. The van der Waals surface area contributed by atoms with E-state index >= 15 is 0 Å². The number of carboxylic acid groups (broad SMARTS) is 1. The molecule has 5 nitrogen and oxygen atoms in total. The number of hydrogen-bond donors (Lipinski definition) is 2. The first-order valence-corrected chi connectivity index (χ1v) is 7.38. The molecule has 1 fully saturated rings. The van der Waals surface area contributed by atoms with Gasteiger partial charge >= 0.3 is 5.97 Å². The third-order valence-electron chi connectivity index (χ3n) is 3.30. The van der Waals surface area contributed by atoms with Crippen LogP contribution in [-0.2, 0) is 16.8 Å². The second-order valence-electron chi connectivity index (χ2n) is 5.91. The van der Waals surface area contributed by atoms with Gasteiger partial charge < -0.3 is 10.4 Å². The third kappa shape index (κ3) is 3.52. The number of carboxylic acids is 1. The van der Waals surface area contributed by atoms with Gasteiger partial charge in [-0.05, 0) is 0 Å². The predicted molar refractivity (Wildman–Crippen MR) is 75.5 cm³/mol. The zero-order valence-corrected chi connectivity index (χ0v) is 12.5. The molecule has 0 radical (unpaired) electrons. The molecule has 6 heteroatoms. The molecule has 19 heavy (non-hydrogen) atoms. The molecule has 2 N–H and O–H groups in total. The predicted octanol–water partition coefficient (Wildman–Crippen LogP) is 1.30. The highest BCUT2D eigenvalue weighted by Crippen LogP contribution is 2.25. The first kappa shape index (κ1) is 14.4. The van der Waals surface area contributed by atoms with Crippen molar-refractivity contribution in [2.24, 2.45) is 0 Å². The van der Waals surface area contributed by atoms with Crippen LogP contribution in [0.25, 0.3) is 0 Å². The number of carbonyl (C=O) groups is 1. The molecule has 0 saturated carbocycles. The average Bonchev–Trinajstić information content (AvgIpc) is 2.77. The standard InChI is InChI=1S/C13H21N3O2S/c1-13(2,3)10-8-19-11(15-10)7-16-5-4-14-6-9(16)12(17)18/h8-9,14H,4-7H2,1-3H3,(H,17,18). The Kier molecular flexibility index (Phi) is 4.23. The summed E-state index contributed by atoms with van der Waals surface area (Å²) in [7, 11) is 0. The van der Waals surface area contributed by atoms with E-state index in [1.165, 1.54) is 0 Å². The summed E-state index contributed by atoms with van der Waals surface area (Å²) < 4.78 is 0. The first-order chi connectivity index (χ1) is 8.88. The number of aliphatic carboxylic acids is 1. The highest BCUT2D eigenvalue weighted by molar-refractivity contribution is 7.09. The van der Waals surface area contributed by atoms with E-state index < -0.39 is 12.0 Å². The normalized spacial score (nSPS) is 21.5. The molecular weight excluding hydrogens is 262 g/mol. The maximum absolute atomic E-state index is 11.2. The fraction of sp³-hybridized carbons (Fsp3) is 0.692. The lowest BCUT2D eigenvalue weighted by atomic mass is 9.93. The van der Waals surface area contributed by atoms with Crippen LogP contribution in [0.5, 0.6) is 0 Å². The van der Waals surface area contributed by atoms with Gasteiger partial charge in [0.15, 0.2) is 0 Å². The smallest absolute Gasteiger partial charge is 0.322 e. The Morgan fingerprint density at radius 3 is 2.95 bits per heavy atom. The van der Waals surface area contributed by atoms with Crippen molar-refractivity contribution in [3.05, 3.63) is 16.1 Å². The molecule has 1 atom stereocenters. The van der Waals surface area contributed by atoms with E-state index in [4.69, 9.17) is 0 Å². The molecule has 1 unspecified atom stereocenters. The van der Waals surface area contributed by atoms with Crippen molar-refractivity contribution in [3.8, 4) is 0 Å². The number of piperazine rings is 1. The Morgan fingerprint density at radius 2 is 2.37 bits per heavy atom. The van der Waals surface area contributed by atoms with Crippen molar-refractivity contribution in [2.75, 3.05) is 19.6 Å². The highest BCUT2D eigenvalue weighted by Gasteiger charge is 2.29. The van der Waals surface area contributed by atoms with Crippen molar-refractivity contribution < 1.29 is 9.90 Å². The van der Waals surface area contributed by atoms with Gasteiger partial charge in [-0.2, -0.15) is 0 Å². The van der Waals surface area contributed by atoms with Crippen molar-refractivity contribution in [1.82, 2.24) is 15.2 Å². The van der Waals surface area contributed by atoms with Gasteiger partial charge in [0.05, 0.1) is 12.2 Å². The maximum atomic E-state index is 11.2. The Morgan fingerprint density at radius 1 is 1.63 bits per heavy atom. The van der Waals surface area contributed by atoms with E-state index in [0.717, 1.165) is 23.8 Å². The van der Waals surface area contributed by atoms with Gasteiger partial charge in [0.25, 0.3) is 0 Å². The van der Waals surface area contributed by atoms with Crippen LogP contribution in [0.1, 0.15) is 31.5 Å². The van der Waals surface area contributed by atoms with Crippen LogP contribution in [0.3, 0.4) is 0 Å². The molecule has 106 valence electrons. The van der Waals surface area contributed by atoms with Crippen LogP contribution in [0.2, 0.25) is 0 Å². The van der Waals surface area contributed by atoms with Crippen LogP contribution < -0.4 is 5.32 Å². The van der Waals surface area contributed by atoms with Crippen LogP contribution in [0, 0.1) is 0 Å². The molecule has 1 aromatic heterocycles. The van der Waals surface area contributed by atoms with E-state index in [1.54, 1.807) is 11.3 Å². The largest absolute Gasteiger partial charge is 0.480 e. The van der Waals surface area contributed by atoms with E-state index in [-0.39, 0.29) is 5.41 Å². The summed E-state index contributed by atoms with van der Waals surface area (Å²) in [4.78, 5) is 17.8. The summed E-state index contributed by atoms with van der Waals surface area (Å²) in [6, 6.07) is -0.448. The van der Waals surface area contributed by atoms with E-state index in [1.807, 2.05) is 4.90 Å². The molecule has 0 spiro atoms. The minimum absolute atomic E-state index is 0.0460. The molecule has 1 aliphatic rings. The molecule has 0 amide bonds. The zero-order valence-electron chi connectivity index (χ0n) is 11.6. The maximum Gasteiger partial charge on any atom is 0.322 e. The van der Waals surface area contributed by atoms with E-state index in [2.05, 4.69) is 36.5 Å². The van der Waals surface area contributed by atoms with Crippen molar-refractivity contribution in [3.63, 3.8) is 0 Å². The van der Waals surface area contributed by atoms with Gasteiger partial charge in [-0.1, -0.05) is 20.8 Å². The van der Waals surface area contributed by atoms with Gasteiger partial charge in [0.2, 0.25) is 0 Å². The first-order valence-electron chi connectivity index (χ1n) is 6.50. The number of nitrogens with one attached hydrogen (secondary N) is 1. The lowest BCUT2D eigenvalue weighted by Crippen LogP contribution is -2.54. The van der Waals surface area contributed by atoms with Gasteiger partial charge in [-0.3, -0.25) is 9.69 Å². The number of nitrogens with zero attached hydrogens (tertiary/aromatic N) is 2. The zero-order chi connectivity index (χ0) is 14.0. The van der Waals surface area contributed by atoms with E-state index in [9.17, 15) is 9.90 Å². The molecule has 0 aromatic carbocycles. The van der Waals surface area contributed by atoms with Crippen LogP contribution in [0.4, 0.5) is 0 Å². The summed E-state index contributed by atoms with van der Waals surface area (Å²) in [6.45, 7) is 9.12. The Balaban J connectivity index is 2.07. The monoisotopic (exact) mass is 283 g/mol. The minimum atomic E-state index is -0.764. The van der Waals surface area contributed by atoms with Crippen LogP contribution in [0.15, 0.2) is 5.38 Å². The highest BCUT2D eigenvalue weighted by atomic mass is 32.1. The van der Waals surface area contributed by atoms with E-state index in [0.29, 0.717) is 13.1 Å². The quantitative estimate of drug-likeness (QED) is 0.875. The number of rotatable bonds is 3. The van der Waals surface area contributed by atoms with Gasteiger partial charge in [-0.25, -0.2) is 4.98 Å². The summed E-state index contributed by atoms with van der Waals surface area (Å²) in [5.41, 5.74) is 1.12. The second-order valence-corrected chi connectivity index (χ2v) is 6.85. The SMILES string of the molecule is CC(C)(C)c1csc(CN2CCNCC2C(=O)O)n1. The van der Waals surface area contributed by atoms with Crippen LogP contribution in [-0.4, -0.2) is 46.6 Å². The summed E-state index contributed by atoms with van der Waals surface area (Å²) in [5, 5.41) is 15.4. The number of hydrogen-bond acceptors (Lipinski definition) is 5. The topological polar surface area (TPSA) is 65.5 Å². The summed E-state index contributed by atoms with van der Waals surface area (Å²) in [5.74, 6) is -0.764. The van der Waals surface area contributed by atoms with Crippen molar-refractivity contribution in [1.29, 1.82) is 0 Å². The fourth-order valence-electron chi connectivity index (χ4n) is 2.08. The third-order valence-corrected chi connectivity index (χ3v) is 4.13. The molecule has 1 aliphatic heterocycles. The molecule has 0 bridgehead atoms. The lowest BCUT2D eigenvalue weighted by Gasteiger charge is -2.32. The number of thiazole rings is 1. The minimum Gasteiger partial charge on any atom is -0.480 e. The molecule has 1 aromatic rings. The summed E-state index contributed by atoms with van der Waals surface area (Å²) >= 11 is 1.62. The van der Waals surface area contributed by atoms with Gasteiger partial charge in [0, 0.05) is 30.4 Å². The number of aromatic nitrogens is 1. The Hall–Kier alpha value is -0.980. The molecule has 0 aliphatic carbocycles. The Labute approximate surface area is 117 Å². The lowest BCUT2D eigenvalue weighted by molar-refractivity contribution is -0.144. The van der Waals surface area contributed by atoms with Crippen molar-refractivity contribution in [2.45, 2.75) is 38.8 Å². The second kappa shape index (κ2) is 5.56. The molecule has 2 heterocycles. The van der Waals surface area contributed by atoms with Gasteiger partial charge in [0.1, 0.15) is 11.0 Å². The molecule has 2 rings (SSSR count). The Bertz CT molecular complexity index is 453. The fourth-order valence-corrected chi connectivity index (χ4v) is 3.13. The van der Waals surface area contributed by atoms with Crippen molar-refractivity contribution >= 4 is 17.3 Å².